The Balaban J connectivity index is 1.72. The number of hydrogen-bond donors (Lipinski definition) is 2. The third-order valence-electron chi connectivity index (χ3n) is 5.24. The summed E-state index contributed by atoms with van der Waals surface area (Å²) in [6.07, 6.45) is 8.36. The van der Waals surface area contributed by atoms with Crippen LogP contribution in [0.25, 0.3) is 0 Å². The standard InChI is InChI=1S/C13H20N4/c14-7-11-15-12(17-16-11)13-4-8-1-9(5-13)3-10(2-8)6-13/h8-10H,1-7,14H2,(H,15,16,17). The molecule has 0 aliphatic heterocycles. The molecule has 4 fully saturated rings. The molecule has 92 valence electrons. The first-order valence-electron chi connectivity index (χ1n) is 6.89. The summed E-state index contributed by atoms with van der Waals surface area (Å²) in [5, 5.41) is 7.46. The van der Waals surface area contributed by atoms with E-state index in [1.165, 1.54) is 38.5 Å². The minimum Gasteiger partial charge on any atom is -0.324 e. The van der Waals surface area contributed by atoms with E-state index in [1.807, 2.05) is 0 Å². The molecule has 0 radical (unpaired) electrons. The van der Waals surface area contributed by atoms with E-state index in [4.69, 9.17) is 5.73 Å². The van der Waals surface area contributed by atoms with Gasteiger partial charge in [-0.2, -0.15) is 5.10 Å². The molecule has 4 nitrogen and oxygen atoms in total. The fraction of sp³-hybridized carbons (Fsp3) is 0.846. The third-order valence-corrected chi connectivity index (χ3v) is 5.24. The van der Waals surface area contributed by atoms with Gasteiger partial charge >= 0.3 is 0 Å². The van der Waals surface area contributed by atoms with Gasteiger partial charge in [0.2, 0.25) is 0 Å². The molecule has 17 heavy (non-hydrogen) atoms. The van der Waals surface area contributed by atoms with E-state index in [2.05, 4.69) is 15.2 Å². The highest BCUT2D eigenvalue weighted by atomic mass is 15.2. The number of aromatic amines is 1. The van der Waals surface area contributed by atoms with Gasteiger partial charge in [-0.1, -0.05) is 0 Å². The SMILES string of the molecule is NCc1nc(C23CC4CC(CC(C4)C2)C3)n[nH]1. The quantitative estimate of drug-likeness (QED) is 0.816. The first-order valence-corrected chi connectivity index (χ1v) is 6.89. The number of rotatable bonds is 2. The molecule has 0 aromatic carbocycles. The van der Waals surface area contributed by atoms with Crippen molar-refractivity contribution < 1.29 is 0 Å². The number of nitrogens with zero attached hydrogens (tertiary/aromatic N) is 2. The maximum atomic E-state index is 5.62. The van der Waals surface area contributed by atoms with Gasteiger partial charge in [0.15, 0.2) is 5.82 Å². The van der Waals surface area contributed by atoms with Crippen LogP contribution in [-0.2, 0) is 12.0 Å². The van der Waals surface area contributed by atoms with Crippen LogP contribution in [0.5, 0.6) is 0 Å². The Morgan fingerprint density at radius 3 is 2.18 bits per heavy atom. The summed E-state index contributed by atoms with van der Waals surface area (Å²) < 4.78 is 0. The van der Waals surface area contributed by atoms with E-state index >= 15 is 0 Å². The second kappa shape index (κ2) is 3.31. The topological polar surface area (TPSA) is 67.6 Å². The van der Waals surface area contributed by atoms with Gasteiger partial charge in [0.1, 0.15) is 5.82 Å². The van der Waals surface area contributed by atoms with Crippen LogP contribution in [0.4, 0.5) is 0 Å². The molecule has 4 saturated carbocycles. The van der Waals surface area contributed by atoms with Gasteiger partial charge in [-0.15, -0.1) is 0 Å². The molecule has 0 unspecified atom stereocenters. The van der Waals surface area contributed by atoms with Gasteiger partial charge < -0.3 is 5.73 Å². The molecular weight excluding hydrogens is 212 g/mol. The van der Waals surface area contributed by atoms with Crippen molar-refractivity contribution in [1.82, 2.24) is 15.2 Å². The molecule has 0 atom stereocenters. The van der Waals surface area contributed by atoms with Crippen LogP contribution in [0.2, 0.25) is 0 Å². The summed E-state index contributed by atoms with van der Waals surface area (Å²) in [5.41, 5.74) is 5.93. The Labute approximate surface area is 101 Å². The van der Waals surface area contributed by atoms with E-state index in [0.29, 0.717) is 12.0 Å². The summed E-state index contributed by atoms with van der Waals surface area (Å²) >= 11 is 0. The van der Waals surface area contributed by atoms with Gasteiger partial charge in [0.25, 0.3) is 0 Å². The highest BCUT2D eigenvalue weighted by Crippen LogP contribution is 2.60. The van der Waals surface area contributed by atoms with Crippen LogP contribution in [0, 0.1) is 17.8 Å². The molecule has 1 aromatic rings. The van der Waals surface area contributed by atoms with Gasteiger partial charge in [-0.3, -0.25) is 5.10 Å². The first-order chi connectivity index (χ1) is 8.27. The highest BCUT2D eigenvalue weighted by Gasteiger charge is 2.53. The summed E-state index contributed by atoms with van der Waals surface area (Å²) in [4.78, 5) is 4.63. The lowest BCUT2D eigenvalue weighted by Crippen LogP contribution is -2.49. The van der Waals surface area contributed by atoms with Gasteiger partial charge in [-0.05, 0) is 56.3 Å². The van der Waals surface area contributed by atoms with E-state index in [9.17, 15) is 0 Å². The average molecular weight is 232 g/mol. The second-order valence-electron chi connectivity index (χ2n) is 6.51. The van der Waals surface area contributed by atoms with Crippen molar-refractivity contribution in [2.24, 2.45) is 23.5 Å². The van der Waals surface area contributed by atoms with Crippen molar-refractivity contribution in [3.05, 3.63) is 11.6 Å². The summed E-state index contributed by atoms with van der Waals surface area (Å²) in [7, 11) is 0. The van der Waals surface area contributed by atoms with Crippen molar-refractivity contribution in [3.8, 4) is 0 Å². The van der Waals surface area contributed by atoms with E-state index in [-0.39, 0.29) is 0 Å². The number of nitrogens with one attached hydrogen (secondary N) is 1. The van der Waals surface area contributed by atoms with Crippen molar-refractivity contribution in [2.45, 2.75) is 50.5 Å². The molecule has 0 saturated heterocycles. The normalized spacial score (nSPS) is 43.2. The molecule has 3 N–H and O–H groups in total. The summed E-state index contributed by atoms with van der Waals surface area (Å²) in [5.74, 6) is 4.75. The Morgan fingerprint density at radius 1 is 1.12 bits per heavy atom. The molecule has 4 bridgehead atoms. The van der Waals surface area contributed by atoms with Gasteiger partial charge in [0.05, 0.1) is 6.54 Å². The fourth-order valence-electron chi connectivity index (χ4n) is 5.01. The Kier molecular flexibility index (Phi) is 1.96. The van der Waals surface area contributed by atoms with Crippen LogP contribution in [0.1, 0.15) is 50.2 Å². The van der Waals surface area contributed by atoms with Crippen LogP contribution in [0.15, 0.2) is 0 Å². The molecule has 4 aliphatic carbocycles. The van der Waals surface area contributed by atoms with Crippen molar-refractivity contribution >= 4 is 0 Å². The molecule has 1 heterocycles. The maximum absolute atomic E-state index is 5.62. The predicted octanol–water partition coefficient (Wildman–Crippen LogP) is 1.73. The number of aromatic nitrogens is 3. The van der Waals surface area contributed by atoms with E-state index in [1.54, 1.807) is 0 Å². The van der Waals surface area contributed by atoms with E-state index < -0.39 is 0 Å². The molecule has 0 amide bonds. The van der Waals surface area contributed by atoms with Gasteiger partial charge in [0, 0.05) is 5.41 Å². The predicted molar refractivity (Wildman–Crippen MR) is 64.1 cm³/mol. The van der Waals surface area contributed by atoms with Crippen LogP contribution < -0.4 is 5.73 Å². The van der Waals surface area contributed by atoms with E-state index in [0.717, 1.165) is 29.4 Å². The first kappa shape index (κ1) is 10.1. The fourth-order valence-corrected chi connectivity index (χ4v) is 5.01. The molecule has 4 heteroatoms. The average Bonchev–Trinajstić information content (AvgIpc) is 2.76. The Hall–Kier alpha value is -0.900. The molecule has 0 spiro atoms. The lowest BCUT2D eigenvalue weighted by Gasteiger charge is -2.55. The zero-order valence-corrected chi connectivity index (χ0v) is 10.2. The van der Waals surface area contributed by atoms with Crippen molar-refractivity contribution in [1.29, 1.82) is 0 Å². The highest BCUT2D eigenvalue weighted by molar-refractivity contribution is 5.17. The smallest absolute Gasteiger partial charge is 0.156 e. The van der Waals surface area contributed by atoms with Crippen molar-refractivity contribution in [2.75, 3.05) is 0 Å². The van der Waals surface area contributed by atoms with Crippen LogP contribution in [-0.4, -0.2) is 15.2 Å². The minimum absolute atomic E-state index is 0.304. The third kappa shape index (κ3) is 1.39. The molecule has 1 aromatic heterocycles. The van der Waals surface area contributed by atoms with Crippen LogP contribution in [0.3, 0.4) is 0 Å². The molecule has 4 aliphatic rings. The Bertz CT molecular complexity index is 401. The zero-order valence-electron chi connectivity index (χ0n) is 10.2. The van der Waals surface area contributed by atoms with Gasteiger partial charge in [-0.25, -0.2) is 4.98 Å². The molecular formula is C13H20N4. The summed E-state index contributed by atoms with van der Waals surface area (Å²) in [6, 6.07) is 0. The number of hydrogen-bond acceptors (Lipinski definition) is 3. The lowest BCUT2D eigenvalue weighted by atomic mass is 9.49. The zero-order chi connectivity index (χ0) is 11.5. The number of nitrogens with two attached hydrogens (primary N) is 1. The largest absolute Gasteiger partial charge is 0.324 e. The lowest BCUT2D eigenvalue weighted by molar-refractivity contribution is -0.00925. The molecule has 5 rings (SSSR count). The minimum atomic E-state index is 0.304. The van der Waals surface area contributed by atoms with Crippen molar-refractivity contribution in [3.63, 3.8) is 0 Å². The monoisotopic (exact) mass is 232 g/mol. The Morgan fingerprint density at radius 2 is 1.71 bits per heavy atom. The maximum Gasteiger partial charge on any atom is 0.156 e. The number of H-pyrrole nitrogens is 1. The summed E-state index contributed by atoms with van der Waals surface area (Å²) in [6.45, 7) is 0.472. The van der Waals surface area contributed by atoms with Crippen LogP contribution >= 0.6 is 0 Å². The second-order valence-corrected chi connectivity index (χ2v) is 6.51.